The Bertz CT molecular complexity index is 1950. The number of nitrogens with zero attached hydrogens (tertiary/aromatic N) is 2. The lowest BCUT2D eigenvalue weighted by molar-refractivity contribution is -0.558. The Morgan fingerprint density at radius 1 is 0.500 bits per heavy atom. The molecule has 0 aliphatic heterocycles. The average Bonchev–Trinajstić information content (AvgIpc) is 3.14. The van der Waals surface area contributed by atoms with E-state index in [2.05, 4.69) is 107 Å². The molecule has 0 radical (unpaired) electrons. The Kier molecular flexibility index (Phi) is 9.06. The normalized spacial score (nSPS) is 13.9. The molecule has 4 nitrogen and oxygen atoms in total. The highest BCUT2D eigenvalue weighted by Gasteiger charge is 2.31. The first-order chi connectivity index (χ1) is 23.6. The molecule has 0 bridgehead atoms. The fraction of sp³-hybridized carbons (Fsp3) is 0.0909. The molecule has 2 aliphatic rings. The summed E-state index contributed by atoms with van der Waals surface area (Å²) in [7, 11) is 0. The second-order valence-corrected chi connectivity index (χ2v) is 12.2. The van der Waals surface area contributed by atoms with Crippen LogP contribution in [0.15, 0.2) is 187 Å². The number of hydrogen-bond donors (Lipinski definition) is 0. The van der Waals surface area contributed by atoms with Crippen molar-refractivity contribution < 1.29 is 14.5 Å². The number of carbonyl (C=O) groups is 1. The molecule has 0 spiro atoms. The Hall–Kier alpha value is -6.00. The fourth-order valence-corrected chi connectivity index (χ4v) is 6.29. The molecular formula is C44H36N2O2. The summed E-state index contributed by atoms with van der Waals surface area (Å²) in [6.45, 7) is 2.97. The Balaban J connectivity index is 1.13. The molecule has 2 aliphatic carbocycles. The summed E-state index contributed by atoms with van der Waals surface area (Å²) < 4.78 is 2.31. The van der Waals surface area contributed by atoms with Gasteiger partial charge < -0.3 is 10.0 Å². The van der Waals surface area contributed by atoms with E-state index in [-0.39, 0.29) is 22.7 Å². The lowest BCUT2D eigenvalue weighted by Gasteiger charge is -2.32. The molecular weight excluding hydrogens is 588 g/mol. The highest BCUT2D eigenvalue weighted by atomic mass is 16.3. The maximum absolute atomic E-state index is 13.5. The highest BCUT2D eigenvalue weighted by Crippen LogP contribution is 2.38. The van der Waals surface area contributed by atoms with E-state index in [0.29, 0.717) is 11.1 Å². The summed E-state index contributed by atoms with van der Waals surface area (Å²) in [4.78, 5) is 15.8. The predicted octanol–water partition coefficient (Wildman–Crippen LogP) is 7.82. The van der Waals surface area contributed by atoms with Crippen molar-refractivity contribution in [3.8, 4) is 0 Å². The Morgan fingerprint density at radius 3 is 1.38 bits per heavy atom. The Labute approximate surface area is 282 Å². The van der Waals surface area contributed by atoms with Crippen LogP contribution >= 0.6 is 0 Å². The third-order valence-corrected chi connectivity index (χ3v) is 8.82. The van der Waals surface area contributed by atoms with Crippen molar-refractivity contribution in [1.82, 2.24) is 0 Å². The van der Waals surface area contributed by atoms with Crippen molar-refractivity contribution in [2.45, 2.75) is 26.2 Å². The molecule has 0 fully saturated rings. The van der Waals surface area contributed by atoms with E-state index >= 15 is 0 Å². The molecule has 5 aromatic rings. The second kappa shape index (κ2) is 14.2. The molecule has 4 heteroatoms. The van der Waals surface area contributed by atoms with Crippen LogP contribution in [0, 0.1) is 0 Å². The minimum absolute atomic E-state index is 0.198. The van der Waals surface area contributed by atoms with Gasteiger partial charge in [-0.1, -0.05) is 139 Å². The quantitative estimate of drug-likeness (QED) is 0.118. The zero-order valence-electron chi connectivity index (χ0n) is 26.7. The number of rotatable bonds is 10. The van der Waals surface area contributed by atoms with E-state index in [1.54, 1.807) is 0 Å². The molecule has 5 aromatic carbocycles. The van der Waals surface area contributed by atoms with E-state index in [0.717, 1.165) is 37.6 Å². The summed E-state index contributed by atoms with van der Waals surface area (Å²) in [5, 5.41) is 13.5. The van der Waals surface area contributed by atoms with Gasteiger partial charge in [-0.15, -0.1) is 0 Å². The van der Waals surface area contributed by atoms with Gasteiger partial charge in [-0.05, 0) is 46.5 Å². The van der Waals surface area contributed by atoms with Gasteiger partial charge >= 0.3 is 0 Å². The predicted molar refractivity (Wildman–Crippen MR) is 192 cm³/mol. The monoisotopic (exact) mass is 624 g/mol. The summed E-state index contributed by atoms with van der Waals surface area (Å²) >= 11 is 0. The highest BCUT2D eigenvalue weighted by molar-refractivity contribution is 6.39. The standard InChI is InChI=1S/C44H36N2O2/c47-43-41(37-21-25-39(26-22-37)45(29-33-13-5-1-6-14-33)30-34-15-7-2-8-16-34)44(48)42(43)38-23-27-40(28-24-38)46(31-35-17-9-3-10-18-35)32-36-19-11-4-12-20-36/h1-28H,29-32H2. The number of ketones is 1. The van der Waals surface area contributed by atoms with Gasteiger partial charge in [0, 0.05) is 53.2 Å². The van der Waals surface area contributed by atoms with Crippen molar-refractivity contribution in [3.63, 3.8) is 0 Å². The van der Waals surface area contributed by atoms with E-state index in [1.807, 2.05) is 72.8 Å². The third kappa shape index (κ3) is 6.89. The third-order valence-electron chi connectivity index (χ3n) is 8.82. The van der Waals surface area contributed by atoms with Crippen molar-refractivity contribution in [2.24, 2.45) is 0 Å². The van der Waals surface area contributed by atoms with Crippen LogP contribution in [0.4, 0.5) is 5.69 Å². The number of Topliss-reactive ketones (excluding diaryl/α,β-unsaturated/α-hetero) is 1. The number of hydrogen-bond acceptors (Lipinski definition) is 3. The number of anilines is 1. The minimum atomic E-state index is -0.198. The first-order valence-corrected chi connectivity index (χ1v) is 16.3. The first-order valence-electron chi connectivity index (χ1n) is 16.3. The summed E-state index contributed by atoms with van der Waals surface area (Å²) in [5.41, 5.74) is 8.74. The van der Waals surface area contributed by atoms with Crippen LogP contribution in [-0.4, -0.2) is 16.1 Å². The van der Waals surface area contributed by atoms with Gasteiger partial charge in [-0.25, -0.2) is 4.58 Å². The first kappa shape index (κ1) is 30.6. The van der Waals surface area contributed by atoms with Gasteiger partial charge in [0.15, 0.2) is 18.9 Å². The van der Waals surface area contributed by atoms with Crippen molar-refractivity contribution in [2.75, 3.05) is 4.90 Å². The van der Waals surface area contributed by atoms with E-state index in [1.165, 1.54) is 22.3 Å². The topological polar surface area (TPSA) is 46.4 Å². The van der Waals surface area contributed by atoms with Gasteiger partial charge in [0.05, 0.1) is 0 Å². The number of benzene rings is 5. The van der Waals surface area contributed by atoms with Gasteiger partial charge in [0.25, 0.3) is 0 Å². The van der Waals surface area contributed by atoms with Crippen molar-refractivity contribution in [1.29, 1.82) is 0 Å². The summed E-state index contributed by atoms with van der Waals surface area (Å²) in [5.74, 6) is -0.396. The molecule has 48 heavy (non-hydrogen) atoms. The smallest absolute Gasteiger partial charge is 0.200 e. The zero-order valence-corrected chi connectivity index (χ0v) is 26.7. The number of carbonyl (C=O) groups excluding carboxylic acids is 1. The van der Waals surface area contributed by atoms with E-state index in [9.17, 15) is 9.90 Å². The van der Waals surface area contributed by atoms with Crippen LogP contribution in [0.5, 0.6) is 0 Å². The molecule has 0 amide bonds. The van der Waals surface area contributed by atoms with Crippen LogP contribution in [-0.2, 0) is 31.0 Å². The molecule has 0 aromatic heterocycles. The molecule has 7 rings (SSSR count). The SMILES string of the molecule is O=C1C(=C2C=CC(=[N+](Cc3ccccc3)Cc3ccccc3)C=C2)C([O-])=C1c1ccc(N(Cc2ccccc2)Cc2ccccc2)cc1. The number of allylic oxidation sites excluding steroid dienone is 7. The van der Waals surface area contributed by atoms with Crippen LogP contribution < -0.4 is 10.0 Å². The average molecular weight is 625 g/mol. The van der Waals surface area contributed by atoms with E-state index < -0.39 is 0 Å². The maximum atomic E-state index is 13.5. The molecule has 0 heterocycles. The lowest BCUT2D eigenvalue weighted by atomic mass is 9.80. The van der Waals surface area contributed by atoms with E-state index in [4.69, 9.17) is 0 Å². The molecule has 0 N–H and O–H groups in total. The molecule has 0 saturated carbocycles. The molecule has 0 saturated heterocycles. The molecule has 0 unspecified atom stereocenters. The molecule has 234 valence electrons. The largest absolute Gasteiger partial charge is 0.871 e. The summed E-state index contributed by atoms with van der Waals surface area (Å²) in [6, 6.07) is 49.3. The van der Waals surface area contributed by atoms with Crippen LogP contribution in [0.3, 0.4) is 0 Å². The summed E-state index contributed by atoms with van der Waals surface area (Å²) in [6.07, 6.45) is 7.81. The van der Waals surface area contributed by atoms with Gasteiger partial charge in [0.1, 0.15) is 0 Å². The Morgan fingerprint density at radius 2 is 0.938 bits per heavy atom. The van der Waals surface area contributed by atoms with Crippen molar-refractivity contribution >= 4 is 22.8 Å². The second-order valence-electron chi connectivity index (χ2n) is 12.2. The van der Waals surface area contributed by atoms with Crippen molar-refractivity contribution in [3.05, 3.63) is 215 Å². The van der Waals surface area contributed by atoms with Gasteiger partial charge in [-0.3, -0.25) is 4.79 Å². The maximum Gasteiger partial charge on any atom is 0.200 e. The van der Waals surface area contributed by atoms with Crippen LogP contribution in [0.25, 0.3) is 5.57 Å². The zero-order chi connectivity index (χ0) is 32.7. The minimum Gasteiger partial charge on any atom is -0.871 e. The lowest BCUT2D eigenvalue weighted by Crippen LogP contribution is -2.30. The molecule has 0 atom stereocenters. The fourth-order valence-electron chi connectivity index (χ4n) is 6.29. The van der Waals surface area contributed by atoms with Gasteiger partial charge in [-0.2, -0.15) is 0 Å². The van der Waals surface area contributed by atoms with Gasteiger partial charge in [0.2, 0.25) is 5.71 Å². The van der Waals surface area contributed by atoms with Crippen LogP contribution in [0.1, 0.15) is 27.8 Å². The van der Waals surface area contributed by atoms with Crippen LogP contribution in [0.2, 0.25) is 0 Å².